The molecule has 9 heteroatoms. The lowest BCUT2D eigenvalue weighted by Gasteiger charge is -2.14. The average Bonchev–Trinajstić information content (AvgIpc) is 3.13. The molecule has 1 atom stereocenters. The van der Waals surface area contributed by atoms with Crippen LogP contribution in [0.25, 0.3) is 10.9 Å². The summed E-state index contributed by atoms with van der Waals surface area (Å²) in [4.78, 5) is 42.7. The Bertz CT molecular complexity index is 1170. The number of anilines is 1. The third kappa shape index (κ3) is 5.54. The fourth-order valence-electron chi connectivity index (χ4n) is 3.25. The maximum Gasteiger partial charge on any atom is 0.344 e. The molecule has 174 valence electrons. The smallest absolute Gasteiger partial charge is 0.344 e. The number of nitrogens with zero attached hydrogens (tertiary/aromatic N) is 1. The van der Waals surface area contributed by atoms with Gasteiger partial charge in [-0.2, -0.15) is 0 Å². The van der Waals surface area contributed by atoms with Gasteiger partial charge in [0.05, 0.1) is 29.0 Å². The van der Waals surface area contributed by atoms with Gasteiger partial charge in [-0.05, 0) is 39.3 Å². The molecule has 1 N–H and O–H groups in total. The van der Waals surface area contributed by atoms with Crippen LogP contribution in [-0.4, -0.2) is 41.3 Å². The van der Waals surface area contributed by atoms with Crippen LogP contribution in [0.15, 0.2) is 45.8 Å². The standard InChI is InChI=1S/C24H26N2O6S/c1-5-17(33-18-13-12-15-10-8-9-11-16(15)25-18)21(27)26-22-20(24(29)31-7-3)19(14(4)32-22)23(28)30-6-2/h8-13,17H,5-7H2,1-4H3,(H,26,27). The van der Waals surface area contributed by atoms with Crippen LogP contribution < -0.4 is 5.32 Å². The Morgan fingerprint density at radius 2 is 1.67 bits per heavy atom. The molecule has 1 aromatic carbocycles. The number of benzene rings is 1. The number of hydrogen-bond acceptors (Lipinski definition) is 8. The van der Waals surface area contributed by atoms with Crippen LogP contribution in [0.1, 0.15) is 53.7 Å². The first-order valence-corrected chi connectivity index (χ1v) is 11.6. The Morgan fingerprint density at radius 1 is 1.00 bits per heavy atom. The molecule has 0 aliphatic carbocycles. The second-order valence-electron chi connectivity index (χ2n) is 7.02. The number of hydrogen-bond donors (Lipinski definition) is 1. The van der Waals surface area contributed by atoms with Crippen LogP contribution in [-0.2, 0) is 14.3 Å². The van der Waals surface area contributed by atoms with E-state index in [1.54, 1.807) is 13.8 Å². The Morgan fingerprint density at radius 3 is 2.33 bits per heavy atom. The van der Waals surface area contributed by atoms with E-state index in [1.165, 1.54) is 18.7 Å². The highest BCUT2D eigenvalue weighted by Crippen LogP contribution is 2.31. The topological polar surface area (TPSA) is 108 Å². The molecule has 1 unspecified atom stereocenters. The number of amides is 1. The predicted octanol–water partition coefficient (Wildman–Crippen LogP) is 5.00. The molecule has 0 spiro atoms. The fraction of sp³-hybridized carbons (Fsp3) is 0.333. The summed E-state index contributed by atoms with van der Waals surface area (Å²) in [6.07, 6.45) is 0.504. The number of pyridine rings is 1. The lowest BCUT2D eigenvalue weighted by Crippen LogP contribution is -2.26. The fourth-order valence-corrected chi connectivity index (χ4v) is 4.17. The van der Waals surface area contributed by atoms with Gasteiger partial charge < -0.3 is 13.9 Å². The maximum absolute atomic E-state index is 13.1. The van der Waals surface area contributed by atoms with Gasteiger partial charge in [-0.25, -0.2) is 14.6 Å². The van der Waals surface area contributed by atoms with E-state index in [4.69, 9.17) is 13.9 Å². The van der Waals surface area contributed by atoms with Crippen LogP contribution in [0, 0.1) is 6.92 Å². The lowest BCUT2D eigenvalue weighted by molar-refractivity contribution is -0.115. The van der Waals surface area contributed by atoms with Crippen molar-refractivity contribution >= 4 is 46.4 Å². The van der Waals surface area contributed by atoms with Crippen LogP contribution in [0.4, 0.5) is 5.88 Å². The minimum absolute atomic E-state index is 0.0532. The van der Waals surface area contributed by atoms with Gasteiger partial charge in [0.1, 0.15) is 16.9 Å². The largest absolute Gasteiger partial charge is 0.462 e. The predicted molar refractivity (Wildman–Crippen MR) is 126 cm³/mol. The van der Waals surface area contributed by atoms with Crippen molar-refractivity contribution in [3.63, 3.8) is 0 Å². The Balaban J connectivity index is 1.86. The monoisotopic (exact) mass is 470 g/mol. The summed E-state index contributed by atoms with van der Waals surface area (Å²) in [6, 6.07) is 11.5. The van der Waals surface area contributed by atoms with Gasteiger partial charge in [-0.15, -0.1) is 0 Å². The minimum atomic E-state index is -0.774. The highest BCUT2D eigenvalue weighted by atomic mass is 32.2. The maximum atomic E-state index is 13.1. The molecule has 0 aliphatic heterocycles. The van der Waals surface area contributed by atoms with Crippen molar-refractivity contribution in [2.45, 2.75) is 44.4 Å². The van der Waals surface area contributed by atoms with Crippen molar-refractivity contribution in [1.82, 2.24) is 4.98 Å². The molecule has 2 heterocycles. The number of carbonyl (C=O) groups is 3. The number of aryl methyl sites for hydroxylation is 1. The molecule has 0 aliphatic rings. The number of carbonyl (C=O) groups excluding carboxylic acids is 3. The number of nitrogens with one attached hydrogen (secondary N) is 1. The normalized spacial score (nSPS) is 11.8. The van der Waals surface area contributed by atoms with Crippen molar-refractivity contribution in [3.05, 3.63) is 53.3 Å². The number of rotatable bonds is 9. The Kier molecular flexibility index (Phi) is 8.11. The highest BCUT2D eigenvalue weighted by Gasteiger charge is 2.32. The third-order valence-electron chi connectivity index (χ3n) is 4.78. The molecule has 1 amide bonds. The van der Waals surface area contributed by atoms with Crippen molar-refractivity contribution in [2.75, 3.05) is 18.5 Å². The molecular weight excluding hydrogens is 444 g/mol. The molecule has 0 radical (unpaired) electrons. The first-order chi connectivity index (χ1) is 15.9. The summed E-state index contributed by atoms with van der Waals surface area (Å²) in [5.74, 6) is -1.85. The van der Waals surface area contributed by atoms with Crippen LogP contribution in [0.3, 0.4) is 0 Å². The van der Waals surface area contributed by atoms with Gasteiger partial charge in [-0.1, -0.05) is 43.0 Å². The highest BCUT2D eigenvalue weighted by molar-refractivity contribution is 8.00. The number of aromatic nitrogens is 1. The number of para-hydroxylation sites is 1. The van der Waals surface area contributed by atoms with E-state index in [2.05, 4.69) is 10.3 Å². The third-order valence-corrected chi connectivity index (χ3v) is 6.08. The van der Waals surface area contributed by atoms with Gasteiger partial charge >= 0.3 is 11.9 Å². The molecule has 0 saturated heterocycles. The molecule has 2 aromatic heterocycles. The van der Waals surface area contributed by atoms with E-state index in [-0.39, 0.29) is 41.9 Å². The van der Waals surface area contributed by atoms with E-state index < -0.39 is 17.2 Å². The Labute approximate surface area is 196 Å². The number of ether oxygens (including phenoxy) is 2. The van der Waals surface area contributed by atoms with Crippen LogP contribution in [0.5, 0.6) is 0 Å². The molecule has 3 rings (SSSR count). The summed E-state index contributed by atoms with van der Waals surface area (Å²) < 4.78 is 15.7. The van der Waals surface area contributed by atoms with E-state index in [0.29, 0.717) is 11.4 Å². The summed E-state index contributed by atoms with van der Waals surface area (Å²) in [6.45, 7) is 6.93. The van der Waals surface area contributed by atoms with E-state index >= 15 is 0 Å². The zero-order valence-electron chi connectivity index (χ0n) is 19.0. The molecular formula is C24H26N2O6S. The summed E-state index contributed by atoms with van der Waals surface area (Å²) >= 11 is 1.31. The molecule has 33 heavy (non-hydrogen) atoms. The lowest BCUT2D eigenvalue weighted by atomic mass is 10.1. The zero-order chi connectivity index (χ0) is 24.0. The molecule has 8 nitrogen and oxygen atoms in total. The molecule has 0 bridgehead atoms. The van der Waals surface area contributed by atoms with Crippen molar-refractivity contribution in [1.29, 1.82) is 0 Å². The minimum Gasteiger partial charge on any atom is -0.462 e. The van der Waals surface area contributed by atoms with Gasteiger partial charge in [0.15, 0.2) is 0 Å². The van der Waals surface area contributed by atoms with Crippen molar-refractivity contribution < 1.29 is 28.3 Å². The summed E-state index contributed by atoms with van der Waals surface area (Å²) in [5.41, 5.74) is 0.635. The second-order valence-corrected chi connectivity index (χ2v) is 8.25. The van der Waals surface area contributed by atoms with Gasteiger partial charge in [0, 0.05) is 5.39 Å². The quantitative estimate of drug-likeness (QED) is 0.344. The SMILES string of the molecule is CCOC(=O)c1c(C)oc(NC(=O)C(CC)Sc2ccc3ccccc3n2)c1C(=O)OCC. The number of fused-ring (bicyclic) bond motifs is 1. The van der Waals surface area contributed by atoms with E-state index in [0.717, 1.165) is 10.9 Å². The first kappa shape index (κ1) is 24.3. The second kappa shape index (κ2) is 11.0. The number of furan rings is 1. The summed E-state index contributed by atoms with van der Waals surface area (Å²) in [5, 5.41) is 3.85. The molecule has 3 aromatic rings. The van der Waals surface area contributed by atoms with Crippen LogP contribution >= 0.6 is 11.8 Å². The van der Waals surface area contributed by atoms with Crippen molar-refractivity contribution in [3.8, 4) is 0 Å². The molecule has 0 fully saturated rings. The van der Waals surface area contributed by atoms with Gasteiger partial charge in [-0.3, -0.25) is 10.1 Å². The first-order valence-electron chi connectivity index (χ1n) is 10.7. The zero-order valence-corrected chi connectivity index (χ0v) is 19.8. The van der Waals surface area contributed by atoms with E-state index in [9.17, 15) is 14.4 Å². The van der Waals surface area contributed by atoms with Crippen molar-refractivity contribution in [2.24, 2.45) is 0 Å². The number of thioether (sulfide) groups is 1. The number of esters is 2. The van der Waals surface area contributed by atoms with E-state index in [1.807, 2.05) is 43.3 Å². The Hall–Kier alpha value is -3.33. The van der Waals surface area contributed by atoms with Crippen LogP contribution in [0.2, 0.25) is 0 Å². The molecule has 0 saturated carbocycles. The average molecular weight is 471 g/mol. The summed E-state index contributed by atoms with van der Waals surface area (Å²) in [7, 11) is 0. The van der Waals surface area contributed by atoms with Gasteiger partial charge in [0.25, 0.3) is 0 Å². The van der Waals surface area contributed by atoms with Gasteiger partial charge in [0.2, 0.25) is 11.8 Å².